The first-order valence-corrected chi connectivity index (χ1v) is 8.37. The zero-order valence-corrected chi connectivity index (χ0v) is 14.9. The molecule has 0 saturated carbocycles. The highest BCUT2D eigenvalue weighted by atomic mass is 16.6. The molecule has 1 amide bonds. The summed E-state index contributed by atoms with van der Waals surface area (Å²) in [6.45, 7) is 11.1. The summed E-state index contributed by atoms with van der Waals surface area (Å²) in [6, 6.07) is 0. The van der Waals surface area contributed by atoms with Crippen molar-refractivity contribution in [1.29, 1.82) is 0 Å². The van der Waals surface area contributed by atoms with Crippen molar-refractivity contribution in [3.05, 3.63) is 0 Å². The van der Waals surface area contributed by atoms with Gasteiger partial charge in [0.2, 0.25) is 0 Å². The van der Waals surface area contributed by atoms with E-state index in [4.69, 9.17) is 9.47 Å². The molecule has 0 spiro atoms. The molecule has 0 aliphatic rings. The highest BCUT2D eigenvalue weighted by Gasteiger charge is 2.20. The molecule has 0 aromatic carbocycles. The van der Waals surface area contributed by atoms with Crippen LogP contribution in [-0.4, -0.2) is 43.3 Å². The Morgan fingerprint density at radius 3 is 2.14 bits per heavy atom. The third-order valence-corrected chi connectivity index (χ3v) is 3.10. The number of hydrogen-bond donors (Lipinski definition) is 0. The topological polar surface area (TPSA) is 55.8 Å². The number of carbonyl (C=O) groups is 2. The molecule has 5 heteroatoms. The Kier molecular flexibility index (Phi) is 10.7. The lowest BCUT2D eigenvalue weighted by Gasteiger charge is -2.23. The molecule has 0 unspecified atom stereocenters. The molecule has 0 saturated heterocycles. The maximum atomic E-state index is 11.9. The minimum Gasteiger partial charge on any atom is -0.464 e. The third-order valence-electron chi connectivity index (χ3n) is 3.10. The van der Waals surface area contributed by atoms with Crippen LogP contribution < -0.4 is 0 Å². The van der Waals surface area contributed by atoms with E-state index in [0.29, 0.717) is 19.8 Å². The molecule has 0 fully saturated rings. The van der Waals surface area contributed by atoms with Gasteiger partial charge in [-0.1, -0.05) is 53.4 Å². The van der Waals surface area contributed by atoms with E-state index >= 15 is 0 Å². The average Bonchev–Trinajstić information content (AvgIpc) is 2.45. The molecule has 0 aromatic heterocycles. The first kappa shape index (κ1) is 20.7. The molecule has 22 heavy (non-hydrogen) atoms. The maximum Gasteiger partial charge on any atom is 0.410 e. The van der Waals surface area contributed by atoms with Gasteiger partial charge in [-0.2, -0.15) is 0 Å². The van der Waals surface area contributed by atoms with E-state index < -0.39 is 6.09 Å². The normalized spacial score (nSPS) is 11.1. The predicted octanol–water partition coefficient (Wildman–Crippen LogP) is 4.00. The van der Waals surface area contributed by atoms with Crippen molar-refractivity contribution >= 4 is 12.1 Å². The monoisotopic (exact) mass is 315 g/mol. The lowest BCUT2D eigenvalue weighted by molar-refractivity contribution is -0.144. The van der Waals surface area contributed by atoms with Crippen LogP contribution in [-0.2, 0) is 14.3 Å². The second kappa shape index (κ2) is 11.3. The van der Waals surface area contributed by atoms with Gasteiger partial charge in [-0.05, 0) is 18.8 Å². The Hall–Kier alpha value is -1.26. The van der Waals surface area contributed by atoms with Crippen molar-refractivity contribution < 1.29 is 19.1 Å². The van der Waals surface area contributed by atoms with E-state index in [-0.39, 0.29) is 17.9 Å². The van der Waals surface area contributed by atoms with Crippen molar-refractivity contribution in [3.8, 4) is 0 Å². The smallest absolute Gasteiger partial charge is 0.410 e. The Labute approximate surface area is 135 Å². The largest absolute Gasteiger partial charge is 0.464 e. The molecule has 0 bridgehead atoms. The molecule has 0 radical (unpaired) electrons. The molecule has 0 heterocycles. The van der Waals surface area contributed by atoms with Crippen molar-refractivity contribution in [2.75, 3.05) is 26.3 Å². The Bertz CT molecular complexity index is 323. The zero-order valence-electron chi connectivity index (χ0n) is 14.9. The Morgan fingerprint density at radius 1 is 0.955 bits per heavy atom. The van der Waals surface area contributed by atoms with Gasteiger partial charge >= 0.3 is 12.1 Å². The summed E-state index contributed by atoms with van der Waals surface area (Å²) in [5, 5.41) is 0. The van der Waals surface area contributed by atoms with Gasteiger partial charge in [0.15, 0.2) is 0 Å². The fourth-order valence-electron chi connectivity index (χ4n) is 1.77. The van der Waals surface area contributed by atoms with Crippen LogP contribution in [0.2, 0.25) is 0 Å². The van der Waals surface area contributed by atoms with E-state index in [0.717, 1.165) is 12.8 Å². The first-order valence-electron chi connectivity index (χ1n) is 8.37. The molecular formula is C17H33NO4. The SMILES string of the molecule is CCCCCCCOC(=O)CN(CC)C(=O)OCC(C)(C)C. The number of unbranched alkanes of at least 4 members (excludes halogenated alkanes) is 4. The minimum atomic E-state index is -0.461. The highest BCUT2D eigenvalue weighted by Crippen LogP contribution is 2.13. The number of ether oxygens (including phenoxy) is 2. The second-order valence-corrected chi connectivity index (χ2v) is 6.76. The summed E-state index contributed by atoms with van der Waals surface area (Å²) >= 11 is 0. The molecule has 0 N–H and O–H groups in total. The van der Waals surface area contributed by atoms with Crippen LogP contribution >= 0.6 is 0 Å². The summed E-state index contributed by atoms with van der Waals surface area (Å²) in [5.74, 6) is -0.370. The number of carbonyl (C=O) groups excluding carboxylic acids is 2. The fraction of sp³-hybridized carbons (Fsp3) is 0.882. The number of amides is 1. The lowest BCUT2D eigenvalue weighted by Crippen LogP contribution is -2.38. The van der Waals surface area contributed by atoms with Crippen LogP contribution in [0.15, 0.2) is 0 Å². The standard InChI is InChI=1S/C17H33NO4/c1-6-8-9-10-11-12-21-15(19)13-18(7-2)16(20)22-14-17(3,4)5/h6-14H2,1-5H3. The van der Waals surface area contributed by atoms with Gasteiger partial charge in [-0.3, -0.25) is 9.69 Å². The summed E-state index contributed by atoms with van der Waals surface area (Å²) in [6.07, 6.45) is 5.09. The number of likely N-dealkylation sites (N-methyl/N-ethyl adjacent to an activating group) is 1. The van der Waals surface area contributed by atoms with Crippen molar-refractivity contribution in [3.63, 3.8) is 0 Å². The predicted molar refractivity (Wildman–Crippen MR) is 87.8 cm³/mol. The van der Waals surface area contributed by atoms with Gasteiger partial charge < -0.3 is 9.47 Å². The van der Waals surface area contributed by atoms with E-state index in [2.05, 4.69) is 6.92 Å². The van der Waals surface area contributed by atoms with Crippen molar-refractivity contribution in [2.24, 2.45) is 5.41 Å². The van der Waals surface area contributed by atoms with Gasteiger partial charge in [-0.25, -0.2) is 4.79 Å². The summed E-state index contributed by atoms with van der Waals surface area (Å²) in [4.78, 5) is 25.0. The molecule has 0 rings (SSSR count). The van der Waals surface area contributed by atoms with Crippen LogP contribution in [0.3, 0.4) is 0 Å². The van der Waals surface area contributed by atoms with E-state index in [9.17, 15) is 9.59 Å². The van der Waals surface area contributed by atoms with E-state index in [1.54, 1.807) is 0 Å². The van der Waals surface area contributed by atoms with E-state index in [1.807, 2.05) is 27.7 Å². The zero-order chi connectivity index (χ0) is 17.0. The summed E-state index contributed by atoms with van der Waals surface area (Å²) in [7, 11) is 0. The molecule has 0 aliphatic heterocycles. The Balaban J connectivity index is 3.95. The molecule has 5 nitrogen and oxygen atoms in total. The van der Waals surface area contributed by atoms with Gasteiger partial charge in [0, 0.05) is 6.54 Å². The summed E-state index contributed by atoms with van der Waals surface area (Å²) in [5.41, 5.74) is -0.0892. The highest BCUT2D eigenvalue weighted by molar-refractivity contribution is 5.78. The second-order valence-electron chi connectivity index (χ2n) is 6.76. The van der Waals surface area contributed by atoms with Gasteiger partial charge in [0.25, 0.3) is 0 Å². The van der Waals surface area contributed by atoms with Gasteiger partial charge in [0.1, 0.15) is 6.54 Å². The van der Waals surface area contributed by atoms with Crippen LogP contribution in [0.4, 0.5) is 4.79 Å². The number of nitrogens with zero attached hydrogens (tertiary/aromatic N) is 1. The number of rotatable bonds is 10. The maximum absolute atomic E-state index is 11.9. The molecule has 130 valence electrons. The molecule has 0 aliphatic carbocycles. The van der Waals surface area contributed by atoms with Gasteiger partial charge in [-0.15, -0.1) is 0 Å². The molecular weight excluding hydrogens is 282 g/mol. The van der Waals surface area contributed by atoms with Crippen LogP contribution in [0.1, 0.15) is 66.7 Å². The molecule has 0 aromatic rings. The minimum absolute atomic E-state index is 0.0472. The Morgan fingerprint density at radius 2 is 1.59 bits per heavy atom. The molecule has 0 atom stereocenters. The summed E-state index contributed by atoms with van der Waals surface area (Å²) < 4.78 is 10.4. The first-order chi connectivity index (χ1) is 10.3. The van der Waals surface area contributed by atoms with E-state index in [1.165, 1.54) is 24.2 Å². The quantitative estimate of drug-likeness (QED) is 0.451. The van der Waals surface area contributed by atoms with Crippen LogP contribution in [0.5, 0.6) is 0 Å². The average molecular weight is 315 g/mol. The van der Waals surface area contributed by atoms with Crippen LogP contribution in [0.25, 0.3) is 0 Å². The third kappa shape index (κ3) is 11.4. The van der Waals surface area contributed by atoms with Crippen molar-refractivity contribution in [1.82, 2.24) is 4.90 Å². The van der Waals surface area contributed by atoms with Crippen molar-refractivity contribution in [2.45, 2.75) is 66.7 Å². The van der Waals surface area contributed by atoms with Gasteiger partial charge in [0.05, 0.1) is 13.2 Å². The van der Waals surface area contributed by atoms with Crippen LogP contribution in [0, 0.1) is 5.41 Å². The number of hydrogen-bond acceptors (Lipinski definition) is 4. The lowest BCUT2D eigenvalue weighted by atomic mass is 9.99. The number of esters is 1. The fourth-order valence-corrected chi connectivity index (χ4v) is 1.77.